The van der Waals surface area contributed by atoms with Gasteiger partial charge in [-0.2, -0.15) is 0 Å². The molecule has 1 rings (SSSR count). The third-order valence-electron chi connectivity index (χ3n) is 2.17. The molecule has 0 saturated carbocycles. The second kappa shape index (κ2) is 7.33. The highest BCUT2D eigenvalue weighted by Gasteiger charge is 2.15. The Kier molecular flexibility index (Phi) is 6.07. The van der Waals surface area contributed by atoms with E-state index in [4.69, 9.17) is 11.6 Å². The summed E-state index contributed by atoms with van der Waals surface area (Å²) in [6, 6.07) is -0.537. The van der Waals surface area contributed by atoms with Gasteiger partial charge in [-0.3, -0.25) is 9.59 Å². The number of nitrogens with one attached hydrogen (secondary N) is 2. The van der Waals surface area contributed by atoms with Crippen LogP contribution in [0.25, 0.3) is 0 Å². The maximum absolute atomic E-state index is 11.7. The lowest BCUT2D eigenvalue weighted by atomic mass is 10.3. The van der Waals surface area contributed by atoms with Crippen molar-refractivity contribution in [1.82, 2.24) is 15.6 Å². The molecule has 1 heterocycles. The molecule has 7 heteroatoms. The molecule has 0 bridgehead atoms. The number of thiazole rings is 1. The average Bonchev–Trinajstić information content (AvgIpc) is 2.76. The minimum atomic E-state index is -0.537. The molecule has 0 spiro atoms. The Labute approximate surface area is 115 Å². The topological polar surface area (TPSA) is 71.1 Å². The first-order valence-corrected chi connectivity index (χ1v) is 7.04. The standard InChI is InChI=1S/C11H16ClN3O2S/c1-3-13-11(17)7(2)14-9(16)4-10-15-8(5-12)6-18-10/h6-7H,3-5H2,1-2H3,(H,13,17)(H,14,16). The predicted molar refractivity (Wildman–Crippen MR) is 71.7 cm³/mol. The van der Waals surface area contributed by atoms with Gasteiger partial charge in [0.05, 0.1) is 18.0 Å². The lowest BCUT2D eigenvalue weighted by molar-refractivity contribution is -0.128. The van der Waals surface area contributed by atoms with Crippen molar-refractivity contribution in [3.8, 4) is 0 Å². The van der Waals surface area contributed by atoms with E-state index in [1.165, 1.54) is 11.3 Å². The lowest BCUT2D eigenvalue weighted by Gasteiger charge is -2.12. The van der Waals surface area contributed by atoms with Gasteiger partial charge in [-0.15, -0.1) is 22.9 Å². The maximum Gasteiger partial charge on any atom is 0.242 e. The number of hydrogen-bond donors (Lipinski definition) is 2. The zero-order valence-electron chi connectivity index (χ0n) is 10.3. The predicted octanol–water partition coefficient (Wildman–Crippen LogP) is 1.07. The fourth-order valence-electron chi connectivity index (χ4n) is 1.31. The van der Waals surface area contributed by atoms with Crippen LogP contribution in [0.3, 0.4) is 0 Å². The van der Waals surface area contributed by atoms with E-state index in [2.05, 4.69) is 15.6 Å². The van der Waals surface area contributed by atoms with Crippen molar-refractivity contribution in [1.29, 1.82) is 0 Å². The van der Waals surface area contributed by atoms with Crippen LogP contribution in [0.5, 0.6) is 0 Å². The van der Waals surface area contributed by atoms with Gasteiger partial charge in [-0.1, -0.05) is 0 Å². The molecular formula is C11H16ClN3O2S. The van der Waals surface area contributed by atoms with Crippen molar-refractivity contribution in [3.63, 3.8) is 0 Å². The summed E-state index contributed by atoms with van der Waals surface area (Å²) in [5, 5.41) is 7.79. The molecule has 2 N–H and O–H groups in total. The number of nitrogens with zero attached hydrogens (tertiary/aromatic N) is 1. The summed E-state index contributed by atoms with van der Waals surface area (Å²) in [7, 11) is 0. The molecule has 2 amide bonds. The quantitative estimate of drug-likeness (QED) is 0.770. The molecule has 0 saturated heterocycles. The molecule has 0 aromatic carbocycles. The van der Waals surface area contributed by atoms with Crippen molar-refractivity contribution in [2.75, 3.05) is 6.54 Å². The second-order valence-corrected chi connectivity index (χ2v) is 4.94. The summed E-state index contributed by atoms with van der Waals surface area (Å²) in [5.41, 5.74) is 0.765. The van der Waals surface area contributed by atoms with Gasteiger partial charge in [-0.05, 0) is 13.8 Å². The molecule has 18 heavy (non-hydrogen) atoms. The minimum absolute atomic E-state index is 0.172. The van der Waals surface area contributed by atoms with Crippen LogP contribution >= 0.6 is 22.9 Å². The highest BCUT2D eigenvalue weighted by Crippen LogP contribution is 2.12. The number of alkyl halides is 1. The normalized spacial score (nSPS) is 11.9. The summed E-state index contributed by atoms with van der Waals surface area (Å²) in [5.74, 6) is -0.0661. The third kappa shape index (κ3) is 4.62. The zero-order valence-corrected chi connectivity index (χ0v) is 11.9. The molecule has 1 atom stereocenters. The van der Waals surface area contributed by atoms with Crippen LogP contribution < -0.4 is 10.6 Å². The SMILES string of the molecule is CCNC(=O)C(C)NC(=O)Cc1nc(CCl)cs1. The van der Waals surface area contributed by atoms with E-state index < -0.39 is 6.04 Å². The van der Waals surface area contributed by atoms with Gasteiger partial charge in [0.25, 0.3) is 0 Å². The van der Waals surface area contributed by atoms with Gasteiger partial charge in [-0.25, -0.2) is 4.98 Å². The van der Waals surface area contributed by atoms with Crippen LogP contribution in [0.2, 0.25) is 0 Å². The molecule has 0 radical (unpaired) electrons. The van der Waals surface area contributed by atoms with Crippen LogP contribution in [0, 0.1) is 0 Å². The van der Waals surface area contributed by atoms with E-state index in [1.54, 1.807) is 6.92 Å². The van der Waals surface area contributed by atoms with Gasteiger partial charge in [0, 0.05) is 11.9 Å². The summed E-state index contributed by atoms with van der Waals surface area (Å²) >= 11 is 7.02. The molecule has 1 unspecified atom stereocenters. The average molecular weight is 290 g/mol. The van der Waals surface area contributed by atoms with Gasteiger partial charge < -0.3 is 10.6 Å². The molecule has 0 aliphatic heterocycles. The van der Waals surface area contributed by atoms with Gasteiger partial charge in [0.2, 0.25) is 11.8 Å². The van der Waals surface area contributed by atoms with Crippen molar-refractivity contribution in [2.24, 2.45) is 0 Å². The summed E-state index contributed by atoms with van der Waals surface area (Å²) < 4.78 is 0. The molecular weight excluding hydrogens is 274 g/mol. The number of hydrogen-bond acceptors (Lipinski definition) is 4. The van der Waals surface area contributed by atoms with E-state index >= 15 is 0 Å². The molecule has 5 nitrogen and oxygen atoms in total. The van der Waals surface area contributed by atoms with Crippen LogP contribution in [0.1, 0.15) is 24.5 Å². The first kappa shape index (κ1) is 14.9. The molecule has 0 aliphatic carbocycles. The van der Waals surface area contributed by atoms with Gasteiger partial charge >= 0.3 is 0 Å². The Bertz CT molecular complexity index is 422. The molecule has 0 fully saturated rings. The number of carbonyl (C=O) groups excluding carboxylic acids is 2. The fraction of sp³-hybridized carbons (Fsp3) is 0.545. The van der Waals surface area contributed by atoms with E-state index in [-0.39, 0.29) is 18.2 Å². The second-order valence-electron chi connectivity index (χ2n) is 3.73. The summed E-state index contributed by atoms with van der Waals surface area (Å²) in [6.45, 7) is 4.02. The van der Waals surface area contributed by atoms with Crippen LogP contribution in [-0.4, -0.2) is 29.4 Å². The molecule has 1 aromatic rings. The van der Waals surface area contributed by atoms with E-state index in [1.807, 2.05) is 12.3 Å². The first-order valence-electron chi connectivity index (χ1n) is 5.63. The maximum atomic E-state index is 11.7. The Hall–Kier alpha value is -1.14. The third-order valence-corrected chi connectivity index (χ3v) is 3.34. The smallest absolute Gasteiger partial charge is 0.242 e. The largest absolute Gasteiger partial charge is 0.355 e. The van der Waals surface area contributed by atoms with Crippen LogP contribution in [0.15, 0.2) is 5.38 Å². The molecule has 100 valence electrons. The van der Waals surface area contributed by atoms with Crippen molar-refractivity contribution in [3.05, 3.63) is 16.1 Å². The number of likely N-dealkylation sites (N-methyl/N-ethyl adjacent to an activating group) is 1. The highest BCUT2D eigenvalue weighted by molar-refractivity contribution is 7.09. The summed E-state index contributed by atoms with van der Waals surface area (Å²) in [6.07, 6.45) is 0.172. The Morgan fingerprint density at radius 3 is 2.83 bits per heavy atom. The van der Waals surface area contributed by atoms with E-state index in [0.29, 0.717) is 17.4 Å². The number of halogens is 1. The molecule has 0 aliphatic rings. The monoisotopic (exact) mass is 289 g/mol. The van der Waals surface area contributed by atoms with Crippen molar-refractivity contribution >= 4 is 34.8 Å². The zero-order chi connectivity index (χ0) is 13.5. The lowest BCUT2D eigenvalue weighted by Crippen LogP contribution is -2.45. The van der Waals surface area contributed by atoms with Gasteiger partial charge in [0.1, 0.15) is 11.0 Å². The summed E-state index contributed by atoms with van der Waals surface area (Å²) in [4.78, 5) is 27.3. The van der Waals surface area contributed by atoms with E-state index in [0.717, 1.165) is 5.69 Å². The Morgan fingerprint density at radius 2 is 2.28 bits per heavy atom. The fourth-order valence-corrected chi connectivity index (χ4v) is 2.34. The van der Waals surface area contributed by atoms with E-state index in [9.17, 15) is 9.59 Å². The first-order chi connectivity index (χ1) is 8.56. The van der Waals surface area contributed by atoms with Crippen molar-refractivity contribution in [2.45, 2.75) is 32.2 Å². The van der Waals surface area contributed by atoms with Crippen molar-refractivity contribution < 1.29 is 9.59 Å². The molecule has 1 aromatic heterocycles. The number of aromatic nitrogens is 1. The highest BCUT2D eigenvalue weighted by atomic mass is 35.5. The Balaban J connectivity index is 2.43. The number of carbonyl (C=O) groups is 2. The minimum Gasteiger partial charge on any atom is -0.355 e. The van der Waals surface area contributed by atoms with Crippen LogP contribution in [0.4, 0.5) is 0 Å². The number of amides is 2. The van der Waals surface area contributed by atoms with Crippen LogP contribution in [-0.2, 0) is 21.9 Å². The van der Waals surface area contributed by atoms with Gasteiger partial charge in [0.15, 0.2) is 0 Å². The number of rotatable bonds is 6. The Morgan fingerprint density at radius 1 is 1.56 bits per heavy atom.